The summed E-state index contributed by atoms with van der Waals surface area (Å²) in [6, 6.07) is 5.27. The monoisotopic (exact) mass is 276 g/mol. The Morgan fingerprint density at radius 2 is 2.37 bits per heavy atom. The van der Waals surface area contributed by atoms with Crippen LogP contribution >= 0.6 is 11.3 Å². The van der Waals surface area contributed by atoms with Crippen molar-refractivity contribution in [2.24, 2.45) is 0 Å². The number of hydrogen-bond acceptors (Lipinski definition) is 4. The first-order valence-electron chi connectivity index (χ1n) is 6.97. The molecule has 1 aliphatic carbocycles. The molecule has 1 unspecified atom stereocenters. The standard InChI is InChI=1S/C15H20N2OS/c1-3-18-13-7-12(8-13)17-10(2)11-6-15-14(16-9-11)4-5-19-15/h4-6,9-10,12-13,17H,3,7-8H2,1-2H3. The summed E-state index contributed by atoms with van der Waals surface area (Å²) in [5.74, 6) is 0. The van der Waals surface area contributed by atoms with Gasteiger partial charge in [0.15, 0.2) is 0 Å². The van der Waals surface area contributed by atoms with E-state index in [1.165, 1.54) is 10.3 Å². The second-order valence-corrected chi connectivity index (χ2v) is 6.15. The van der Waals surface area contributed by atoms with Gasteiger partial charge in [-0.25, -0.2) is 0 Å². The normalized spacial score (nSPS) is 24.3. The molecular formula is C15H20N2OS. The summed E-state index contributed by atoms with van der Waals surface area (Å²) in [5, 5.41) is 5.76. The van der Waals surface area contributed by atoms with Crippen LogP contribution < -0.4 is 5.32 Å². The van der Waals surface area contributed by atoms with Gasteiger partial charge in [-0.15, -0.1) is 11.3 Å². The first kappa shape index (κ1) is 13.0. The van der Waals surface area contributed by atoms with Gasteiger partial charge in [0.05, 0.1) is 16.3 Å². The Morgan fingerprint density at radius 3 is 3.16 bits per heavy atom. The van der Waals surface area contributed by atoms with E-state index in [0.717, 1.165) is 25.0 Å². The largest absolute Gasteiger partial charge is 0.378 e. The molecule has 0 spiro atoms. The molecule has 2 aromatic heterocycles. The van der Waals surface area contributed by atoms with E-state index >= 15 is 0 Å². The average molecular weight is 276 g/mol. The van der Waals surface area contributed by atoms with Crippen LogP contribution in [0.5, 0.6) is 0 Å². The predicted molar refractivity (Wildman–Crippen MR) is 79.6 cm³/mol. The Hall–Kier alpha value is -0.970. The molecule has 0 radical (unpaired) electrons. The van der Waals surface area contributed by atoms with Crippen molar-refractivity contribution in [2.75, 3.05) is 6.61 Å². The molecule has 3 nitrogen and oxygen atoms in total. The zero-order valence-corrected chi connectivity index (χ0v) is 12.2. The predicted octanol–water partition coefficient (Wildman–Crippen LogP) is 3.51. The molecule has 102 valence electrons. The van der Waals surface area contributed by atoms with E-state index in [0.29, 0.717) is 18.2 Å². The van der Waals surface area contributed by atoms with Crippen molar-refractivity contribution in [3.8, 4) is 0 Å². The molecule has 1 fully saturated rings. The fourth-order valence-corrected chi connectivity index (χ4v) is 3.41. The van der Waals surface area contributed by atoms with Crippen LogP contribution in [0.2, 0.25) is 0 Å². The first-order chi connectivity index (χ1) is 9.26. The second kappa shape index (κ2) is 5.57. The van der Waals surface area contributed by atoms with Gasteiger partial charge in [-0.1, -0.05) is 0 Å². The highest BCUT2D eigenvalue weighted by atomic mass is 32.1. The molecule has 0 saturated heterocycles. The third-order valence-corrected chi connectivity index (χ3v) is 4.66. The highest BCUT2D eigenvalue weighted by molar-refractivity contribution is 7.17. The minimum atomic E-state index is 0.353. The van der Waals surface area contributed by atoms with Crippen LogP contribution in [0, 0.1) is 0 Å². The molecule has 4 heteroatoms. The topological polar surface area (TPSA) is 34.1 Å². The van der Waals surface area contributed by atoms with Gasteiger partial charge in [-0.2, -0.15) is 0 Å². The Bertz CT molecular complexity index is 548. The van der Waals surface area contributed by atoms with Crippen LogP contribution in [0.15, 0.2) is 23.7 Å². The molecule has 0 aliphatic heterocycles. The van der Waals surface area contributed by atoms with E-state index in [-0.39, 0.29) is 0 Å². The molecule has 1 N–H and O–H groups in total. The average Bonchev–Trinajstić information content (AvgIpc) is 2.83. The smallest absolute Gasteiger partial charge is 0.0809 e. The molecule has 1 aliphatic rings. The lowest BCUT2D eigenvalue weighted by Gasteiger charge is -2.37. The van der Waals surface area contributed by atoms with E-state index in [4.69, 9.17) is 4.74 Å². The maximum Gasteiger partial charge on any atom is 0.0809 e. The van der Waals surface area contributed by atoms with E-state index in [1.807, 2.05) is 6.20 Å². The van der Waals surface area contributed by atoms with Crippen molar-refractivity contribution in [2.45, 2.75) is 44.9 Å². The molecule has 0 amide bonds. The molecule has 19 heavy (non-hydrogen) atoms. The number of thiophene rings is 1. The quantitative estimate of drug-likeness (QED) is 0.907. The van der Waals surface area contributed by atoms with E-state index < -0.39 is 0 Å². The van der Waals surface area contributed by atoms with Gasteiger partial charge in [0.1, 0.15) is 0 Å². The molecule has 1 atom stereocenters. The van der Waals surface area contributed by atoms with Crippen LogP contribution in [0.1, 0.15) is 38.3 Å². The van der Waals surface area contributed by atoms with Crippen LogP contribution in [0.3, 0.4) is 0 Å². The summed E-state index contributed by atoms with van der Waals surface area (Å²) >= 11 is 1.75. The van der Waals surface area contributed by atoms with Crippen LogP contribution in [0.4, 0.5) is 0 Å². The van der Waals surface area contributed by atoms with Gasteiger partial charge in [0, 0.05) is 24.9 Å². The number of nitrogens with one attached hydrogen (secondary N) is 1. The van der Waals surface area contributed by atoms with E-state index in [1.54, 1.807) is 11.3 Å². The molecule has 0 bridgehead atoms. The lowest BCUT2D eigenvalue weighted by molar-refractivity contribution is -0.0120. The third-order valence-electron chi connectivity index (χ3n) is 3.81. The minimum absolute atomic E-state index is 0.353. The summed E-state index contributed by atoms with van der Waals surface area (Å²) in [5.41, 5.74) is 2.37. The molecule has 0 aromatic carbocycles. The maximum atomic E-state index is 5.59. The zero-order chi connectivity index (χ0) is 13.2. The van der Waals surface area contributed by atoms with Crippen molar-refractivity contribution >= 4 is 21.6 Å². The van der Waals surface area contributed by atoms with Crippen LogP contribution in [0.25, 0.3) is 10.2 Å². The highest BCUT2D eigenvalue weighted by Gasteiger charge is 2.30. The fourth-order valence-electron chi connectivity index (χ4n) is 2.62. The molecule has 1 saturated carbocycles. The summed E-state index contributed by atoms with van der Waals surface area (Å²) in [4.78, 5) is 4.50. The lowest BCUT2D eigenvalue weighted by atomic mass is 9.88. The number of aromatic nitrogens is 1. The Kier molecular flexibility index (Phi) is 3.82. The van der Waals surface area contributed by atoms with Crippen molar-refractivity contribution in [1.29, 1.82) is 0 Å². The summed E-state index contributed by atoms with van der Waals surface area (Å²) in [7, 11) is 0. The number of ether oxygens (including phenoxy) is 1. The van der Waals surface area contributed by atoms with Gasteiger partial charge < -0.3 is 10.1 Å². The Morgan fingerprint density at radius 1 is 1.53 bits per heavy atom. The van der Waals surface area contributed by atoms with Gasteiger partial charge in [0.25, 0.3) is 0 Å². The van der Waals surface area contributed by atoms with Gasteiger partial charge >= 0.3 is 0 Å². The lowest BCUT2D eigenvalue weighted by Crippen LogP contribution is -2.46. The molecule has 2 aromatic rings. The fraction of sp³-hybridized carbons (Fsp3) is 0.533. The van der Waals surface area contributed by atoms with Gasteiger partial charge in [0.2, 0.25) is 0 Å². The zero-order valence-electron chi connectivity index (χ0n) is 11.4. The maximum absolute atomic E-state index is 5.59. The van der Waals surface area contributed by atoms with E-state index in [2.05, 4.69) is 41.7 Å². The summed E-state index contributed by atoms with van der Waals surface area (Å²) < 4.78 is 6.86. The molecule has 3 rings (SSSR count). The van der Waals surface area contributed by atoms with Crippen molar-refractivity contribution in [3.63, 3.8) is 0 Å². The third kappa shape index (κ3) is 2.81. The Balaban J connectivity index is 1.59. The Labute approximate surface area is 118 Å². The van der Waals surface area contributed by atoms with Crippen LogP contribution in [-0.2, 0) is 4.74 Å². The first-order valence-corrected chi connectivity index (χ1v) is 7.85. The molecule has 2 heterocycles. The second-order valence-electron chi connectivity index (χ2n) is 5.21. The summed E-state index contributed by atoms with van der Waals surface area (Å²) in [6.07, 6.45) is 4.72. The highest BCUT2D eigenvalue weighted by Crippen LogP contribution is 2.27. The number of fused-ring (bicyclic) bond motifs is 1. The van der Waals surface area contributed by atoms with E-state index in [9.17, 15) is 0 Å². The minimum Gasteiger partial charge on any atom is -0.378 e. The van der Waals surface area contributed by atoms with Gasteiger partial charge in [-0.05, 0) is 49.8 Å². The summed E-state index contributed by atoms with van der Waals surface area (Å²) in [6.45, 7) is 5.10. The van der Waals surface area contributed by atoms with Crippen molar-refractivity contribution in [3.05, 3.63) is 29.3 Å². The number of hydrogen-bond donors (Lipinski definition) is 1. The number of nitrogens with zero attached hydrogens (tertiary/aromatic N) is 1. The SMILES string of the molecule is CCOC1CC(NC(C)c2cnc3ccsc3c2)C1. The molecular weight excluding hydrogens is 256 g/mol. The number of pyridine rings is 1. The van der Waals surface area contributed by atoms with Crippen molar-refractivity contribution < 1.29 is 4.74 Å². The van der Waals surface area contributed by atoms with Crippen molar-refractivity contribution in [1.82, 2.24) is 10.3 Å². The van der Waals surface area contributed by atoms with Gasteiger partial charge in [-0.3, -0.25) is 4.98 Å². The number of rotatable bonds is 5. The van der Waals surface area contributed by atoms with Crippen LogP contribution in [-0.4, -0.2) is 23.7 Å².